The summed E-state index contributed by atoms with van der Waals surface area (Å²) in [5.74, 6) is -1.15. The van der Waals surface area contributed by atoms with E-state index in [-0.39, 0.29) is 24.8 Å². The van der Waals surface area contributed by atoms with Crippen LogP contribution in [0.5, 0.6) is 0 Å². The van der Waals surface area contributed by atoms with Gasteiger partial charge in [0.1, 0.15) is 11.6 Å². The van der Waals surface area contributed by atoms with E-state index < -0.39 is 17.7 Å². The SMILES string of the molecule is CC1CCCN(CC(O)c2c(F)cccc2F)C1CO. The Hall–Kier alpha value is -1.04. The van der Waals surface area contributed by atoms with Gasteiger partial charge in [-0.15, -0.1) is 0 Å². The van der Waals surface area contributed by atoms with E-state index in [1.165, 1.54) is 6.07 Å². The molecule has 2 N–H and O–H groups in total. The highest BCUT2D eigenvalue weighted by Crippen LogP contribution is 2.27. The first kappa shape index (κ1) is 15.4. The number of hydrogen-bond acceptors (Lipinski definition) is 3. The molecule has 1 heterocycles. The zero-order valence-electron chi connectivity index (χ0n) is 11.6. The van der Waals surface area contributed by atoms with Gasteiger partial charge in [0.15, 0.2) is 0 Å². The van der Waals surface area contributed by atoms with Crippen LogP contribution in [0, 0.1) is 17.6 Å². The van der Waals surface area contributed by atoms with Gasteiger partial charge in [0.05, 0.1) is 18.3 Å². The van der Waals surface area contributed by atoms with E-state index in [2.05, 4.69) is 0 Å². The van der Waals surface area contributed by atoms with Crippen LogP contribution in [-0.2, 0) is 0 Å². The van der Waals surface area contributed by atoms with Crippen LogP contribution in [0.4, 0.5) is 8.78 Å². The minimum absolute atomic E-state index is 0.00631. The smallest absolute Gasteiger partial charge is 0.131 e. The van der Waals surface area contributed by atoms with Gasteiger partial charge >= 0.3 is 0 Å². The zero-order valence-corrected chi connectivity index (χ0v) is 11.6. The van der Waals surface area contributed by atoms with Crippen LogP contribution in [0.2, 0.25) is 0 Å². The Morgan fingerprint density at radius 3 is 2.60 bits per heavy atom. The molecule has 1 saturated heterocycles. The van der Waals surface area contributed by atoms with Crippen LogP contribution in [0.25, 0.3) is 0 Å². The maximum atomic E-state index is 13.6. The van der Waals surface area contributed by atoms with E-state index in [9.17, 15) is 19.0 Å². The van der Waals surface area contributed by atoms with Gasteiger partial charge in [-0.2, -0.15) is 0 Å². The second kappa shape index (κ2) is 6.61. The standard InChI is InChI=1S/C15H21F2NO2/c1-10-4-3-7-18(13(10)9-19)8-14(20)15-11(16)5-2-6-12(15)17/h2,5-6,10,13-14,19-20H,3-4,7-9H2,1H3. The van der Waals surface area contributed by atoms with Gasteiger partial charge in [-0.05, 0) is 37.4 Å². The fourth-order valence-electron chi connectivity index (χ4n) is 3.00. The van der Waals surface area contributed by atoms with Crippen LogP contribution in [0.3, 0.4) is 0 Å². The number of rotatable bonds is 4. The Bertz CT molecular complexity index is 435. The molecule has 0 amide bonds. The fourth-order valence-corrected chi connectivity index (χ4v) is 3.00. The summed E-state index contributed by atoms with van der Waals surface area (Å²) in [7, 11) is 0. The van der Waals surface area contributed by atoms with E-state index in [0.29, 0.717) is 5.92 Å². The molecule has 3 atom stereocenters. The Morgan fingerprint density at radius 1 is 1.35 bits per heavy atom. The van der Waals surface area contributed by atoms with Gasteiger partial charge in [-0.1, -0.05) is 13.0 Å². The maximum Gasteiger partial charge on any atom is 0.131 e. The molecular formula is C15H21F2NO2. The van der Waals surface area contributed by atoms with Gasteiger partial charge in [0, 0.05) is 12.6 Å². The topological polar surface area (TPSA) is 43.7 Å². The first-order valence-corrected chi connectivity index (χ1v) is 7.01. The molecule has 2 rings (SSSR count). The highest BCUT2D eigenvalue weighted by molar-refractivity contribution is 5.22. The number of benzene rings is 1. The van der Waals surface area contributed by atoms with Crippen molar-refractivity contribution in [3.63, 3.8) is 0 Å². The lowest BCUT2D eigenvalue weighted by atomic mass is 9.90. The summed E-state index contributed by atoms with van der Waals surface area (Å²) in [6, 6.07) is 3.50. The van der Waals surface area contributed by atoms with E-state index >= 15 is 0 Å². The lowest BCUT2D eigenvalue weighted by Crippen LogP contribution is -2.48. The highest BCUT2D eigenvalue weighted by Gasteiger charge is 2.30. The van der Waals surface area contributed by atoms with Gasteiger partial charge in [-0.3, -0.25) is 4.90 Å². The summed E-state index contributed by atoms with van der Waals surface area (Å²) in [5.41, 5.74) is -0.289. The van der Waals surface area contributed by atoms with Gasteiger partial charge in [0.25, 0.3) is 0 Å². The minimum atomic E-state index is -1.23. The van der Waals surface area contributed by atoms with Gasteiger partial charge in [0.2, 0.25) is 0 Å². The number of nitrogens with zero attached hydrogens (tertiary/aromatic N) is 1. The summed E-state index contributed by atoms with van der Waals surface area (Å²) in [4.78, 5) is 1.92. The molecule has 1 aromatic carbocycles. The van der Waals surface area contributed by atoms with Crippen molar-refractivity contribution in [3.8, 4) is 0 Å². The van der Waals surface area contributed by atoms with Crippen LogP contribution in [0.1, 0.15) is 31.4 Å². The predicted molar refractivity (Wildman–Crippen MR) is 72.2 cm³/mol. The van der Waals surface area contributed by atoms with Crippen molar-refractivity contribution in [1.29, 1.82) is 0 Å². The first-order chi connectivity index (χ1) is 9.54. The average molecular weight is 285 g/mol. The summed E-state index contributed by atoms with van der Waals surface area (Å²) in [6.07, 6.45) is 0.756. The van der Waals surface area contributed by atoms with Crippen LogP contribution in [0.15, 0.2) is 18.2 Å². The molecule has 20 heavy (non-hydrogen) atoms. The molecule has 5 heteroatoms. The minimum Gasteiger partial charge on any atom is -0.395 e. The lowest BCUT2D eigenvalue weighted by molar-refractivity contribution is 0.0148. The maximum absolute atomic E-state index is 13.6. The third-order valence-corrected chi connectivity index (χ3v) is 4.16. The predicted octanol–water partition coefficient (Wildman–Crippen LogP) is 2.09. The molecule has 1 fully saturated rings. The number of piperidine rings is 1. The fraction of sp³-hybridized carbons (Fsp3) is 0.600. The Balaban J connectivity index is 2.12. The molecule has 0 bridgehead atoms. The lowest BCUT2D eigenvalue weighted by Gasteiger charge is -2.40. The van der Waals surface area contributed by atoms with Crippen molar-refractivity contribution < 1.29 is 19.0 Å². The van der Waals surface area contributed by atoms with Crippen molar-refractivity contribution >= 4 is 0 Å². The summed E-state index contributed by atoms with van der Waals surface area (Å²) in [6.45, 7) is 2.90. The second-order valence-corrected chi connectivity index (χ2v) is 5.52. The molecular weight excluding hydrogens is 264 g/mol. The molecule has 1 aliphatic heterocycles. The molecule has 0 spiro atoms. The monoisotopic (exact) mass is 285 g/mol. The number of halogens is 2. The molecule has 0 aliphatic carbocycles. The molecule has 112 valence electrons. The number of aliphatic hydroxyl groups excluding tert-OH is 2. The number of likely N-dealkylation sites (tertiary alicyclic amines) is 1. The van der Waals surface area contributed by atoms with E-state index in [4.69, 9.17) is 0 Å². The summed E-state index contributed by atoms with van der Waals surface area (Å²) < 4.78 is 27.3. The van der Waals surface area contributed by atoms with Gasteiger partial charge in [-0.25, -0.2) is 8.78 Å². The zero-order chi connectivity index (χ0) is 14.7. The van der Waals surface area contributed by atoms with Crippen molar-refractivity contribution in [3.05, 3.63) is 35.4 Å². The van der Waals surface area contributed by atoms with E-state index in [1.807, 2.05) is 11.8 Å². The van der Waals surface area contributed by atoms with Crippen molar-refractivity contribution in [2.24, 2.45) is 5.92 Å². The number of aliphatic hydroxyl groups is 2. The summed E-state index contributed by atoms with van der Waals surface area (Å²) >= 11 is 0. The molecule has 0 saturated carbocycles. The molecule has 0 radical (unpaired) electrons. The Kier molecular flexibility index (Phi) is 5.07. The quantitative estimate of drug-likeness (QED) is 0.890. The van der Waals surface area contributed by atoms with Gasteiger partial charge < -0.3 is 10.2 Å². The highest BCUT2D eigenvalue weighted by atomic mass is 19.1. The third-order valence-electron chi connectivity index (χ3n) is 4.16. The Morgan fingerprint density at radius 2 is 2.00 bits per heavy atom. The molecule has 0 aromatic heterocycles. The molecule has 1 aliphatic rings. The van der Waals surface area contributed by atoms with E-state index in [0.717, 1.165) is 31.5 Å². The summed E-state index contributed by atoms with van der Waals surface area (Å²) in [5, 5.41) is 19.6. The average Bonchev–Trinajstić information content (AvgIpc) is 2.38. The normalized spacial score (nSPS) is 25.6. The first-order valence-electron chi connectivity index (χ1n) is 7.01. The third kappa shape index (κ3) is 3.16. The van der Waals surface area contributed by atoms with Crippen molar-refractivity contribution in [1.82, 2.24) is 4.90 Å². The van der Waals surface area contributed by atoms with Crippen molar-refractivity contribution in [2.75, 3.05) is 19.7 Å². The van der Waals surface area contributed by atoms with Crippen LogP contribution in [-0.4, -0.2) is 40.9 Å². The number of hydrogen-bond donors (Lipinski definition) is 2. The largest absolute Gasteiger partial charge is 0.395 e. The molecule has 1 aromatic rings. The number of β-amino-alcohol motifs (C(OH)–C–C–N with tert-alkyl or cyclic N) is 1. The second-order valence-electron chi connectivity index (χ2n) is 5.52. The van der Waals surface area contributed by atoms with E-state index in [1.54, 1.807) is 0 Å². The molecule has 3 nitrogen and oxygen atoms in total. The van der Waals surface area contributed by atoms with Crippen molar-refractivity contribution in [2.45, 2.75) is 31.9 Å². The molecule has 3 unspecified atom stereocenters. The van der Waals surface area contributed by atoms with Crippen LogP contribution >= 0.6 is 0 Å². The van der Waals surface area contributed by atoms with Crippen LogP contribution < -0.4 is 0 Å². The Labute approximate surface area is 117 Å².